The van der Waals surface area contributed by atoms with Crippen molar-refractivity contribution in [1.82, 2.24) is 4.90 Å². The van der Waals surface area contributed by atoms with Crippen LogP contribution in [-0.4, -0.2) is 36.9 Å². The fourth-order valence-corrected chi connectivity index (χ4v) is 2.71. The number of anilines is 1. The maximum atomic E-state index is 12.7. The van der Waals surface area contributed by atoms with Crippen molar-refractivity contribution in [3.05, 3.63) is 59.7 Å². The van der Waals surface area contributed by atoms with Crippen LogP contribution in [0.1, 0.15) is 47.4 Å². The van der Waals surface area contributed by atoms with Gasteiger partial charge in [0.1, 0.15) is 5.75 Å². The van der Waals surface area contributed by atoms with Gasteiger partial charge < -0.3 is 15.0 Å². The summed E-state index contributed by atoms with van der Waals surface area (Å²) in [5.41, 5.74) is 1.67. The zero-order valence-corrected chi connectivity index (χ0v) is 15.6. The number of hydrogen-bond acceptors (Lipinski definition) is 3. The van der Waals surface area contributed by atoms with Crippen LogP contribution in [0, 0.1) is 0 Å². The molecule has 2 rings (SSSR count). The van der Waals surface area contributed by atoms with E-state index < -0.39 is 0 Å². The maximum Gasteiger partial charge on any atom is 0.255 e. The van der Waals surface area contributed by atoms with Crippen LogP contribution >= 0.6 is 0 Å². The van der Waals surface area contributed by atoms with E-state index >= 15 is 0 Å². The molecule has 0 bridgehead atoms. The van der Waals surface area contributed by atoms with E-state index in [1.807, 2.05) is 4.90 Å². The average Bonchev–Trinajstić information content (AvgIpc) is 2.68. The molecule has 1 N–H and O–H groups in total. The Bertz CT molecular complexity index is 735. The van der Waals surface area contributed by atoms with Gasteiger partial charge in [0.05, 0.1) is 7.11 Å². The lowest BCUT2D eigenvalue weighted by Gasteiger charge is -2.21. The van der Waals surface area contributed by atoms with E-state index in [9.17, 15) is 9.59 Å². The fourth-order valence-electron chi connectivity index (χ4n) is 2.71. The molecule has 0 aromatic heterocycles. The number of rotatable bonds is 8. The molecular formula is C21H26N2O3. The van der Waals surface area contributed by atoms with Crippen LogP contribution in [0.5, 0.6) is 5.75 Å². The molecule has 5 nitrogen and oxygen atoms in total. The Morgan fingerprint density at radius 1 is 0.962 bits per heavy atom. The largest absolute Gasteiger partial charge is 0.497 e. The Hall–Kier alpha value is -2.82. The number of ether oxygens (including phenoxy) is 1. The van der Waals surface area contributed by atoms with Crippen LogP contribution in [0.25, 0.3) is 0 Å². The van der Waals surface area contributed by atoms with Crippen molar-refractivity contribution in [3.8, 4) is 5.75 Å². The number of hydrogen-bond donors (Lipinski definition) is 1. The molecule has 0 aliphatic rings. The molecule has 2 aromatic rings. The third-order valence-corrected chi connectivity index (χ3v) is 3.99. The standard InChI is InChI=1S/C21H26N2O3/c1-4-13-23(14-5-2)21(25)17-8-6-7-16(15-17)20(24)22-18-9-11-19(26-3)12-10-18/h6-12,15H,4-5,13-14H2,1-3H3,(H,22,24). The van der Waals surface area contributed by atoms with Crippen LogP contribution in [0.15, 0.2) is 48.5 Å². The molecule has 0 radical (unpaired) electrons. The summed E-state index contributed by atoms with van der Waals surface area (Å²) in [6.07, 6.45) is 1.81. The smallest absolute Gasteiger partial charge is 0.255 e. The lowest BCUT2D eigenvalue weighted by Crippen LogP contribution is -2.32. The first-order valence-electron chi connectivity index (χ1n) is 8.93. The Morgan fingerprint density at radius 3 is 2.15 bits per heavy atom. The van der Waals surface area contributed by atoms with Gasteiger partial charge in [-0.05, 0) is 55.3 Å². The lowest BCUT2D eigenvalue weighted by atomic mass is 10.1. The number of carbonyl (C=O) groups is 2. The van der Waals surface area contributed by atoms with Crippen LogP contribution in [0.4, 0.5) is 5.69 Å². The van der Waals surface area contributed by atoms with Gasteiger partial charge in [0, 0.05) is 29.9 Å². The van der Waals surface area contributed by atoms with Gasteiger partial charge in [-0.15, -0.1) is 0 Å². The second-order valence-corrected chi connectivity index (χ2v) is 6.06. The molecule has 138 valence electrons. The highest BCUT2D eigenvalue weighted by atomic mass is 16.5. The summed E-state index contributed by atoms with van der Waals surface area (Å²) in [5.74, 6) is 0.442. The summed E-state index contributed by atoms with van der Waals surface area (Å²) in [4.78, 5) is 27.0. The maximum absolute atomic E-state index is 12.7. The molecule has 0 heterocycles. The monoisotopic (exact) mass is 354 g/mol. The van der Waals surface area contributed by atoms with Crippen molar-refractivity contribution in [2.45, 2.75) is 26.7 Å². The van der Waals surface area contributed by atoms with Gasteiger partial charge in [0.25, 0.3) is 11.8 Å². The summed E-state index contributed by atoms with van der Waals surface area (Å²) in [7, 11) is 1.59. The van der Waals surface area contributed by atoms with E-state index in [0.29, 0.717) is 16.8 Å². The highest BCUT2D eigenvalue weighted by Gasteiger charge is 2.16. The molecule has 2 amide bonds. The highest BCUT2D eigenvalue weighted by Crippen LogP contribution is 2.17. The first-order chi connectivity index (χ1) is 12.6. The van der Waals surface area contributed by atoms with Crippen molar-refractivity contribution >= 4 is 17.5 Å². The van der Waals surface area contributed by atoms with Gasteiger partial charge in [-0.3, -0.25) is 9.59 Å². The third kappa shape index (κ3) is 5.09. The zero-order chi connectivity index (χ0) is 18.9. The molecule has 26 heavy (non-hydrogen) atoms. The number of carbonyl (C=O) groups excluding carboxylic acids is 2. The number of nitrogens with one attached hydrogen (secondary N) is 1. The summed E-state index contributed by atoms with van der Waals surface area (Å²) >= 11 is 0. The summed E-state index contributed by atoms with van der Waals surface area (Å²) in [5, 5.41) is 2.84. The van der Waals surface area contributed by atoms with Gasteiger partial charge in [0.15, 0.2) is 0 Å². The minimum Gasteiger partial charge on any atom is -0.497 e. The minimum atomic E-state index is -0.248. The lowest BCUT2D eigenvalue weighted by molar-refractivity contribution is 0.0755. The summed E-state index contributed by atoms with van der Waals surface area (Å²) < 4.78 is 5.11. The van der Waals surface area contributed by atoms with Gasteiger partial charge in [-0.2, -0.15) is 0 Å². The van der Waals surface area contributed by atoms with E-state index in [-0.39, 0.29) is 11.8 Å². The molecule has 0 unspecified atom stereocenters. The fraction of sp³-hybridized carbons (Fsp3) is 0.333. The van der Waals surface area contributed by atoms with E-state index in [4.69, 9.17) is 4.74 Å². The molecule has 0 saturated heterocycles. The van der Waals surface area contributed by atoms with Crippen LogP contribution < -0.4 is 10.1 Å². The van der Waals surface area contributed by atoms with Crippen molar-refractivity contribution in [3.63, 3.8) is 0 Å². The van der Waals surface area contributed by atoms with Crippen LogP contribution in [0.3, 0.4) is 0 Å². The Morgan fingerprint density at radius 2 is 1.58 bits per heavy atom. The zero-order valence-electron chi connectivity index (χ0n) is 15.6. The first kappa shape index (κ1) is 19.5. The van der Waals surface area contributed by atoms with Crippen LogP contribution in [-0.2, 0) is 0 Å². The minimum absolute atomic E-state index is 0.0344. The molecule has 0 fully saturated rings. The second-order valence-electron chi connectivity index (χ2n) is 6.06. The Kier molecular flexibility index (Phi) is 7.21. The number of methoxy groups -OCH3 is 1. The third-order valence-electron chi connectivity index (χ3n) is 3.99. The molecular weight excluding hydrogens is 328 g/mol. The molecule has 0 aliphatic heterocycles. The van der Waals surface area contributed by atoms with E-state index in [1.54, 1.807) is 55.6 Å². The Balaban J connectivity index is 2.13. The van der Waals surface area contributed by atoms with Gasteiger partial charge in [0.2, 0.25) is 0 Å². The van der Waals surface area contributed by atoms with Crippen molar-refractivity contribution < 1.29 is 14.3 Å². The van der Waals surface area contributed by atoms with Gasteiger partial charge >= 0.3 is 0 Å². The summed E-state index contributed by atoms with van der Waals surface area (Å²) in [6.45, 7) is 5.53. The Labute approximate surface area is 155 Å². The molecule has 0 aliphatic carbocycles. The topological polar surface area (TPSA) is 58.6 Å². The highest BCUT2D eigenvalue weighted by molar-refractivity contribution is 6.06. The second kappa shape index (κ2) is 9.61. The van der Waals surface area contributed by atoms with E-state index in [2.05, 4.69) is 19.2 Å². The summed E-state index contributed by atoms with van der Waals surface area (Å²) in [6, 6.07) is 14.0. The van der Waals surface area contributed by atoms with Crippen molar-refractivity contribution in [2.75, 3.05) is 25.5 Å². The van der Waals surface area contributed by atoms with E-state index in [1.165, 1.54) is 0 Å². The predicted molar refractivity (Wildman–Crippen MR) is 104 cm³/mol. The molecule has 2 aromatic carbocycles. The molecule has 0 saturated carbocycles. The molecule has 0 atom stereocenters. The van der Waals surface area contributed by atoms with Crippen molar-refractivity contribution in [2.24, 2.45) is 0 Å². The number of nitrogens with zero attached hydrogens (tertiary/aromatic N) is 1. The van der Waals surface area contributed by atoms with E-state index in [0.717, 1.165) is 31.7 Å². The predicted octanol–water partition coefficient (Wildman–Crippen LogP) is 4.21. The SMILES string of the molecule is CCCN(CCC)C(=O)c1cccc(C(=O)Nc2ccc(OC)cc2)c1. The van der Waals surface area contributed by atoms with Crippen LogP contribution in [0.2, 0.25) is 0 Å². The average molecular weight is 354 g/mol. The molecule has 0 spiro atoms. The van der Waals surface area contributed by atoms with Gasteiger partial charge in [-0.25, -0.2) is 0 Å². The first-order valence-corrected chi connectivity index (χ1v) is 8.93. The van der Waals surface area contributed by atoms with Crippen molar-refractivity contribution in [1.29, 1.82) is 0 Å². The number of amides is 2. The quantitative estimate of drug-likeness (QED) is 0.772. The molecule has 5 heteroatoms. The number of benzene rings is 2. The normalized spacial score (nSPS) is 10.3. The van der Waals surface area contributed by atoms with Gasteiger partial charge in [-0.1, -0.05) is 19.9 Å².